The molecule has 0 spiro atoms. The number of nitrogens with zero attached hydrogens (tertiary/aromatic N) is 2. The van der Waals surface area contributed by atoms with E-state index in [9.17, 15) is 19.2 Å². The van der Waals surface area contributed by atoms with Gasteiger partial charge in [-0.3, -0.25) is 19.1 Å². The second-order valence-corrected chi connectivity index (χ2v) is 6.17. The Morgan fingerprint density at radius 2 is 1.92 bits per heavy atom. The van der Waals surface area contributed by atoms with Crippen molar-refractivity contribution in [1.29, 1.82) is 0 Å². The van der Waals surface area contributed by atoms with E-state index in [4.69, 9.17) is 0 Å². The molecule has 0 unspecified atom stereocenters. The Labute approximate surface area is 149 Å². The second kappa shape index (κ2) is 8.32. The van der Waals surface area contributed by atoms with Gasteiger partial charge in [-0.05, 0) is 26.3 Å². The predicted molar refractivity (Wildman–Crippen MR) is 98.6 cm³/mol. The van der Waals surface area contributed by atoms with E-state index in [1.165, 1.54) is 27.5 Å². The number of aryl methyl sites for hydroxylation is 1. The lowest BCUT2D eigenvalue weighted by atomic mass is 10.3. The molecular formula is C17H23N5O4. The number of aromatic nitrogens is 3. The normalized spacial score (nSPS) is 10.8. The van der Waals surface area contributed by atoms with E-state index in [-0.39, 0.29) is 23.7 Å². The van der Waals surface area contributed by atoms with E-state index < -0.39 is 17.3 Å². The topological polar surface area (TPSA) is 118 Å². The number of hydrogen-bond acceptors (Lipinski definition) is 4. The van der Waals surface area contributed by atoms with Crippen molar-refractivity contribution < 1.29 is 4.79 Å². The molecule has 0 bridgehead atoms. The molecule has 2 aromatic heterocycles. The molecule has 0 atom stereocenters. The number of pyridine rings is 1. The number of amides is 2. The number of rotatable bonds is 6. The molecule has 0 fully saturated rings. The Hall–Kier alpha value is -3.10. The van der Waals surface area contributed by atoms with Gasteiger partial charge in [0.1, 0.15) is 0 Å². The lowest BCUT2D eigenvalue weighted by Gasteiger charge is -2.12. The number of H-pyrrole nitrogens is 1. The van der Waals surface area contributed by atoms with Crippen LogP contribution in [0.25, 0.3) is 0 Å². The van der Waals surface area contributed by atoms with Crippen molar-refractivity contribution in [1.82, 2.24) is 19.4 Å². The zero-order valence-corrected chi connectivity index (χ0v) is 15.0. The van der Waals surface area contributed by atoms with E-state index in [0.29, 0.717) is 12.2 Å². The van der Waals surface area contributed by atoms with E-state index in [0.717, 1.165) is 6.42 Å². The molecule has 9 nitrogen and oxygen atoms in total. The van der Waals surface area contributed by atoms with Crippen molar-refractivity contribution in [3.05, 3.63) is 61.3 Å². The van der Waals surface area contributed by atoms with Gasteiger partial charge in [0.25, 0.3) is 11.1 Å². The standard InChI is InChI=1S/C17H23N5O4/c1-4-7-21-10-13(5-6-14(21)23)19-16(25)18-8-12-9-22(11(2)3)17(26)20-15(12)24/h5-6,9-11H,4,7-8H2,1-3H3,(H2,18,19,25)(H,20,24,26). The average Bonchev–Trinajstić information content (AvgIpc) is 2.57. The predicted octanol–water partition coefficient (Wildman–Crippen LogP) is 1.01. The number of urea groups is 1. The molecule has 2 heterocycles. The summed E-state index contributed by atoms with van der Waals surface area (Å²) in [6.45, 7) is 6.10. The highest BCUT2D eigenvalue weighted by atomic mass is 16.2. The summed E-state index contributed by atoms with van der Waals surface area (Å²) in [7, 11) is 0. The van der Waals surface area contributed by atoms with Gasteiger partial charge in [0.05, 0.1) is 17.8 Å². The number of hydrogen-bond donors (Lipinski definition) is 3. The van der Waals surface area contributed by atoms with Gasteiger partial charge in [-0.25, -0.2) is 9.59 Å². The number of aromatic amines is 1. The minimum atomic E-state index is -0.538. The highest BCUT2D eigenvalue weighted by Gasteiger charge is 2.09. The summed E-state index contributed by atoms with van der Waals surface area (Å²) in [4.78, 5) is 49.5. The quantitative estimate of drug-likeness (QED) is 0.711. The second-order valence-electron chi connectivity index (χ2n) is 6.17. The molecule has 2 amide bonds. The third-order valence-corrected chi connectivity index (χ3v) is 3.74. The fourth-order valence-electron chi connectivity index (χ4n) is 2.41. The summed E-state index contributed by atoms with van der Waals surface area (Å²) in [5.41, 5.74) is -0.429. The number of carbonyl (C=O) groups excluding carboxylic acids is 1. The van der Waals surface area contributed by atoms with Gasteiger partial charge in [-0.2, -0.15) is 0 Å². The van der Waals surface area contributed by atoms with E-state index in [1.54, 1.807) is 6.20 Å². The Morgan fingerprint density at radius 3 is 2.58 bits per heavy atom. The Kier molecular flexibility index (Phi) is 6.16. The van der Waals surface area contributed by atoms with Crippen LogP contribution in [-0.2, 0) is 13.1 Å². The van der Waals surface area contributed by atoms with Crippen molar-refractivity contribution in [3.8, 4) is 0 Å². The molecular weight excluding hydrogens is 338 g/mol. The van der Waals surface area contributed by atoms with Gasteiger partial charge in [-0.1, -0.05) is 6.92 Å². The van der Waals surface area contributed by atoms with Crippen LogP contribution in [-0.4, -0.2) is 20.1 Å². The Bertz CT molecular complexity index is 955. The summed E-state index contributed by atoms with van der Waals surface area (Å²) in [5, 5.41) is 5.18. The fraction of sp³-hybridized carbons (Fsp3) is 0.412. The molecule has 3 N–H and O–H groups in total. The maximum Gasteiger partial charge on any atom is 0.328 e. The molecule has 0 radical (unpaired) electrons. The zero-order chi connectivity index (χ0) is 19.3. The summed E-state index contributed by atoms with van der Waals surface area (Å²) in [6.07, 6.45) is 3.80. The van der Waals surface area contributed by atoms with Crippen LogP contribution in [0.1, 0.15) is 38.8 Å². The summed E-state index contributed by atoms with van der Waals surface area (Å²) < 4.78 is 2.90. The van der Waals surface area contributed by atoms with E-state index >= 15 is 0 Å². The van der Waals surface area contributed by atoms with Gasteiger partial charge in [0.15, 0.2) is 0 Å². The number of nitrogens with one attached hydrogen (secondary N) is 3. The molecule has 9 heteroatoms. The molecule has 140 valence electrons. The zero-order valence-electron chi connectivity index (χ0n) is 15.0. The molecule has 0 aliphatic carbocycles. The van der Waals surface area contributed by atoms with Crippen LogP contribution in [0.4, 0.5) is 10.5 Å². The molecule has 26 heavy (non-hydrogen) atoms. The van der Waals surface area contributed by atoms with E-state index in [2.05, 4.69) is 15.6 Å². The largest absolute Gasteiger partial charge is 0.334 e. The van der Waals surface area contributed by atoms with Crippen LogP contribution in [0.5, 0.6) is 0 Å². The lowest BCUT2D eigenvalue weighted by molar-refractivity contribution is 0.251. The third kappa shape index (κ3) is 4.71. The highest BCUT2D eigenvalue weighted by Crippen LogP contribution is 2.04. The van der Waals surface area contributed by atoms with Crippen molar-refractivity contribution in [2.45, 2.75) is 46.3 Å². The van der Waals surface area contributed by atoms with Crippen LogP contribution in [0.15, 0.2) is 38.9 Å². The van der Waals surface area contributed by atoms with Gasteiger partial charge < -0.3 is 15.2 Å². The molecule has 2 aromatic rings. The summed E-state index contributed by atoms with van der Waals surface area (Å²) >= 11 is 0. The van der Waals surface area contributed by atoms with Crippen LogP contribution >= 0.6 is 0 Å². The summed E-state index contributed by atoms with van der Waals surface area (Å²) in [5.74, 6) is 0. The first kappa shape index (κ1) is 19.2. The summed E-state index contributed by atoms with van der Waals surface area (Å²) in [6, 6.07) is 2.26. The van der Waals surface area contributed by atoms with Crippen molar-refractivity contribution in [3.63, 3.8) is 0 Å². The molecule has 0 saturated carbocycles. The van der Waals surface area contributed by atoms with Crippen LogP contribution in [0.2, 0.25) is 0 Å². The molecule has 2 rings (SSSR count). The molecule has 0 saturated heterocycles. The third-order valence-electron chi connectivity index (χ3n) is 3.74. The maximum atomic E-state index is 12.0. The van der Waals surface area contributed by atoms with Gasteiger partial charge >= 0.3 is 11.7 Å². The maximum absolute atomic E-state index is 12.0. The van der Waals surface area contributed by atoms with Crippen molar-refractivity contribution in [2.75, 3.05) is 5.32 Å². The molecule has 0 aromatic carbocycles. The number of anilines is 1. The first-order chi connectivity index (χ1) is 12.3. The average molecular weight is 361 g/mol. The first-order valence-corrected chi connectivity index (χ1v) is 8.41. The fourth-order valence-corrected chi connectivity index (χ4v) is 2.41. The molecule has 0 aliphatic heterocycles. The van der Waals surface area contributed by atoms with Crippen molar-refractivity contribution in [2.24, 2.45) is 0 Å². The van der Waals surface area contributed by atoms with Crippen LogP contribution in [0, 0.1) is 0 Å². The smallest absolute Gasteiger partial charge is 0.328 e. The van der Waals surface area contributed by atoms with Gasteiger partial charge in [-0.15, -0.1) is 0 Å². The van der Waals surface area contributed by atoms with Gasteiger partial charge in [0, 0.05) is 31.0 Å². The highest BCUT2D eigenvalue weighted by molar-refractivity contribution is 5.88. The first-order valence-electron chi connectivity index (χ1n) is 8.41. The minimum absolute atomic E-state index is 0.0389. The Morgan fingerprint density at radius 1 is 1.19 bits per heavy atom. The van der Waals surface area contributed by atoms with Crippen LogP contribution in [0.3, 0.4) is 0 Å². The van der Waals surface area contributed by atoms with Gasteiger partial charge in [0.2, 0.25) is 0 Å². The monoisotopic (exact) mass is 361 g/mol. The SMILES string of the molecule is CCCn1cc(NC(=O)NCc2cn(C(C)C)c(=O)[nH]c2=O)ccc1=O. The number of carbonyl (C=O) groups is 1. The van der Waals surface area contributed by atoms with Crippen LogP contribution < -0.4 is 27.4 Å². The minimum Gasteiger partial charge on any atom is -0.334 e. The molecule has 0 aliphatic rings. The lowest BCUT2D eigenvalue weighted by Crippen LogP contribution is -2.36. The Balaban J connectivity index is 2.07. The van der Waals surface area contributed by atoms with Crippen molar-refractivity contribution >= 4 is 11.7 Å². The van der Waals surface area contributed by atoms with E-state index in [1.807, 2.05) is 20.8 Å².